The van der Waals surface area contributed by atoms with Crippen molar-refractivity contribution in [2.24, 2.45) is 0 Å². The molecule has 1 aromatic rings. The number of rotatable bonds is 5. The van der Waals surface area contributed by atoms with E-state index in [1.165, 1.54) is 6.07 Å². The maximum atomic E-state index is 13.6. The lowest BCUT2D eigenvalue weighted by molar-refractivity contribution is 0.0724. The monoisotopic (exact) mass is 291 g/mol. The van der Waals surface area contributed by atoms with Gasteiger partial charge < -0.3 is 9.84 Å². The highest BCUT2D eigenvalue weighted by atomic mass is 19.1. The fourth-order valence-corrected chi connectivity index (χ4v) is 2.60. The van der Waals surface area contributed by atoms with Crippen LogP contribution in [0.25, 0.3) is 0 Å². The maximum absolute atomic E-state index is 13.6. The second kappa shape index (κ2) is 8.14. The molecule has 1 atom stereocenters. The van der Waals surface area contributed by atoms with E-state index in [1.807, 2.05) is 6.07 Å². The Labute approximate surface area is 125 Å². The summed E-state index contributed by atoms with van der Waals surface area (Å²) < 4.78 is 19.3. The van der Waals surface area contributed by atoms with E-state index in [-0.39, 0.29) is 12.4 Å². The standard InChI is InChI=1S/C17H22FNO2/c1-2-19(13-17-6-4-8-21-17)12-15-9-14(5-3-7-20)10-16(18)11-15/h9-11,17,20H,2,4,6-8,12-13H2,1H3. The van der Waals surface area contributed by atoms with Crippen LogP contribution in [0, 0.1) is 17.7 Å². The van der Waals surface area contributed by atoms with Crippen molar-refractivity contribution in [3.8, 4) is 11.8 Å². The Balaban J connectivity index is 2.03. The molecule has 1 heterocycles. The van der Waals surface area contributed by atoms with E-state index in [1.54, 1.807) is 6.07 Å². The van der Waals surface area contributed by atoms with Crippen molar-refractivity contribution >= 4 is 0 Å². The number of nitrogens with zero attached hydrogens (tertiary/aromatic N) is 1. The highest BCUT2D eigenvalue weighted by Crippen LogP contribution is 2.16. The van der Waals surface area contributed by atoms with Crippen LogP contribution in [0.2, 0.25) is 0 Å². The molecule has 0 spiro atoms. The van der Waals surface area contributed by atoms with E-state index >= 15 is 0 Å². The lowest BCUT2D eigenvalue weighted by atomic mass is 10.1. The number of hydrogen-bond acceptors (Lipinski definition) is 3. The van der Waals surface area contributed by atoms with Crippen molar-refractivity contribution in [3.63, 3.8) is 0 Å². The SMILES string of the molecule is CCN(Cc1cc(F)cc(C#CCO)c1)CC1CCCO1. The summed E-state index contributed by atoms with van der Waals surface area (Å²) in [6, 6.07) is 4.81. The fourth-order valence-electron chi connectivity index (χ4n) is 2.60. The Morgan fingerprint density at radius 3 is 2.95 bits per heavy atom. The number of halogens is 1. The Hall–Kier alpha value is -1.41. The van der Waals surface area contributed by atoms with Crippen LogP contribution in [0.15, 0.2) is 18.2 Å². The zero-order valence-corrected chi connectivity index (χ0v) is 12.4. The van der Waals surface area contributed by atoms with Crippen molar-refractivity contribution in [2.75, 3.05) is 26.3 Å². The second-order valence-corrected chi connectivity index (χ2v) is 5.27. The maximum Gasteiger partial charge on any atom is 0.124 e. The summed E-state index contributed by atoms with van der Waals surface area (Å²) in [7, 11) is 0. The molecule has 0 bridgehead atoms. The zero-order chi connectivity index (χ0) is 15.1. The molecule has 1 unspecified atom stereocenters. The highest BCUT2D eigenvalue weighted by molar-refractivity contribution is 5.37. The molecule has 0 aliphatic carbocycles. The van der Waals surface area contributed by atoms with E-state index in [0.717, 1.165) is 38.1 Å². The first kappa shape index (κ1) is 16.0. The molecule has 21 heavy (non-hydrogen) atoms. The first-order chi connectivity index (χ1) is 10.2. The lowest BCUT2D eigenvalue weighted by Crippen LogP contribution is -2.31. The van der Waals surface area contributed by atoms with Crippen LogP contribution >= 0.6 is 0 Å². The predicted molar refractivity (Wildman–Crippen MR) is 80.3 cm³/mol. The first-order valence-corrected chi connectivity index (χ1v) is 7.44. The molecule has 2 rings (SSSR count). The minimum Gasteiger partial charge on any atom is -0.384 e. The Kier molecular flexibility index (Phi) is 6.19. The fraction of sp³-hybridized carbons (Fsp3) is 0.529. The van der Waals surface area contributed by atoms with Crippen LogP contribution in [0.3, 0.4) is 0 Å². The molecule has 0 amide bonds. The quantitative estimate of drug-likeness (QED) is 0.844. The van der Waals surface area contributed by atoms with Gasteiger partial charge in [0.05, 0.1) is 6.10 Å². The van der Waals surface area contributed by atoms with Gasteiger partial charge in [0.15, 0.2) is 0 Å². The molecule has 1 N–H and O–H groups in total. The van der Waals surface area contributed by atoms with Crippen molar-refractivity contribution in [1.29, 1.82) is 0 Å². The molecule has 114 valence electrons. The molecule has 1 aliphatic rings. The number of ether oxygens (including phenoxy) is 1. The Bertz CT molecular complexity index is 515. The minimum atomic E-state index is -0.289. The Morgan fingerprint density at radius 1 is 1.43 bits per heavy atom. The molecular weight excluding hydrogens is 269 g/mol. The number of likely N-dealkylation sites (N-methyl/N-ethyl adjacent to an activating group) is 1. The third kappa shape index (κ3) is 5.13. The van der Waals surface area contributed by atoms with E-state index in [0.29, 0.717) is 18.2 Å². The van der Waals surface area contributed by atoms with Crippen molar-refractivity contribution in [2.45, 2.75) is 32.4 Å². The summed E-state index contributed by atoms with van der Waals surface area (Å²) in [5.41, 5.74) is 1.50. The highest BCUT2D eigenvalue weighted by Gasteiger charge is 2.18. The average Bonchev–Trinajstić information content (AvgIpc) is 2.96. The van der Waals surface area contributed by atoms with Crippen molar-refractivity contribution < 1.29 is 14.2 Å². The van der Waals surface area contributed by atoms with Gasteiger partial charge in [-0.25, -0.2) is 4.39 Å². The van der Waals surface area contributed by atoms with Gasteiger partial charge in [-0.15, -0.1) is 0 Å². The van der Waals surface area contributed by atoms with E-state index < -0.39 is 0 Å². The Morgan fingerprint density at radius 2 is 2.29 bits per heavy atom. The van der Waals surface area contributed by atoms with E-state index in [9.17, 15) is 4.39 Å². The summed E-state index contributed by atoms with van der Waals surface area (Å²) in [4.78, 5) is 2.26. The molecule has 3 nitrogen and oxygen atoms in total. The van der Waals surface area contributed by atoms with Gasteiger partial charge in [0.25, 0.3) is 0 Å². The molecule has 1 fully saturated rings. The normalized spacial score (nSPS) is 17.8. The van der Waals surface area contributed by atoms with Gasteiger partial charge in [-0.2, -0.15) is 0 Å². The molecule has 1 aliphatic heterocycles. The van der Waals surface area contributed by atoms with Crippen LogP contribution in [-0.2, 0) is 11.3 Å². The lowest BCUT2D eigenvalue weighted by Gasteiger charge is -2.23. The van der Waals surface area contributed by atoms with E-state index in [4.69, 9.17) is 9.84 Å². The molecule has 1 saturated heterocycles. The predicted octanol–water partition coefficient (Wildman–Crippen LogP) is 2.17. The number of aliphatic hydroxyl groups is 1. The topological polar surface area (TPSA) is 32.7 Å². The molecule has 4 heteroatoms. The second-order valence-electron chi connectivity index (χ2n) is 5.27. The summed E-state index contributed by atoms with van der Waals surface area (Å²) in [5, 5.41) is 8.72. The number of aliphatic hydroxyl groups excluding tert-OH is 1. The largest absolute Gasteiger partial charge is 0.384 e. The average molecular weight is 291 g/mol. The van der Waals surface area contributed by atoms with E-state index in [2.05, 4.69) is 23.7 Å². The van der Waals surface area contributed by atoms with Crippen LogP contribution in [0.1, 0.15) is 30.9 Å². The summed E-state index contributed by atoms with van der Waals surface area (Å²) in [6.45, 7) is 5.19. The zero-order valence-electron chi connectivity index (χ0n) is 12.4. The van der Waals surface area contributed by atoms with Crippen LogP contribution < -0.4 is 0 Å². The third-order valence-corrected chi connectivity index (χ3v) is 3.61. The van der Waals surface area contributed by atoms with Gasteiger partial charge in [0.2, 0.25) is 0 Å². The molecule has 1 aromatic carbocycles. The van der Waals surface area contributed by atoms with Crippen LogP contribution in [-0.4, -0.2) is 42.4 Å². The van der Waals surface area contributed by atoms with Crippen LogP contribution in [0.4, 0.5) is 4.39 Å². The summed E-state index contributed by atoms with van der Waals surface area (Å²) >= 11 is 0. The summed E-state index contributed by atoms with van der Waals surface area (Å²) in [5.74, 6) is 5.02. The van der Waals surface area contributed by atoms with Gasteiger partial charge in [-0.1, -0.05) is 18.8 Å². The van der Waals surface area contributed by atoms with Gasteiger partial charge in [0.1, 0.15) is 12.4 Å². The van der Waals surface area contributed by atoms with Crippen LogP contribution in [0.5, 0.6) is 0 Å². The van der Waals surface area contributed by atoms with Gasteiger partial charge in [0, 0.05) is 25.3 Å². The van der Waals surface area contributed by atoms with Gasteiger partial charge >= 0.3 is 0 Å². The molecule has 0 radical (unpaired) electrons. The first-order valence-electron chi connectivity index (χ1n) is 7.44. The van der Waals surface area contributed by atoms with Gasteiger partial charge in [-0.05, 0) is 43.1 Å². The molecule has 0 saturated carbocycles. The van der Waals surface area contributed by atoms with Crippen molar-refractivity contribution in [1.82, 2.24) is 4.90 Å². The van der Waals surface area contributed by atoms with Crippen molar-refractivity contribution in [3.05, 3.63) is 35.1 Å². The molecule has 0 aromatic heterocycles. The summed E-state index contributed by atoms with van der Waals surface area (Å²) in [6.07, 6.45) is 2.53. The molecular formula is C17H22FNO2. The number of benzene rings is 1. The number of hydrogen-bond donors (Lipinski definition) is 1. The third-order valence-electron chi connectivity index (χ3n) is 3.61. The minimum absolute atomic E-state index is 0.216. The smallest absolute Gasteiger partial charge is 0.124 e. The van der Waals surface area contributed by atoms with Gasteiger partial charge in [-0.3, -0.25) is 4.90 Å².